The van der Waals surface area contributed by atoms with Gasteiger partial charge in [0, 0.05) is 13.2 Å². The summed E-state index contributed by atoms with van der Waals surface area (Å²) in [6, 6.07) is 3.59. The highest BCUT2D eigenvalue weighted by atomic mass is 32.1. The van der Waals surface area contributed by atoms with Crippen LogP contribution in [0.15, 0.2) is 24.7 Å². The highest BCUT2D eigenvalue weighted by Crippen LogP contribution is 2.18. The maximum Gasteiger partial charge on any atom is 0.154 e. The minimum atomic E-state index is -0.0412. The third-order valence-corrected chi connectivity index (χ3v) is 2.78. The van der Waals surface area contributed by atoms with Gasteiger partial charge in [0.15, 0.2) is 5.82 Å². The first-order valence-corrected chi connectivity index (χ1v) is 5.85. The number of pyridine rings is 1. The Kier molecular flexibility index (Phi) is 3.52. The van der Waals surface area contributed by atoms with Gasteiger partial charge < -0.3 is 15.6 Å². The Morgan fingerprint density at radius 1 is 1.56 bits per heavy atom. The maximum atomic E-state index is 5.66. The average molecular weight is 262 g/mol. The second kappa shape index (κ2) is 5.09. The van der Waals surface area contributed by atoms with Gasteiger partial charge in [0.25, 0.3) is 0 Å². The van der Waals surface area contributed by atoms with E-state index in [1.165, 1.54) is 0 Å². The van der Waals surface area contributed by atoms with Crippen molar-refractivity contribution in [2.45, 2.75) is 13.0 Å². The lowest BCUT2D eigenvalue weighted by Gasteiger charge is -2.15. The summed E-state index contributed by atoms with van der Waals surface area (Å²) in [5.74, 6) is 1.47. The topological polar surface area (TPSA) is 81.7 Å². The predicted molar refractivity (Wildman–Crippen MR) is 73.2 cm³/mol. The average Bonchev–Trinajstić information content (AvgIpc) is 2.76. The van der Waals surface area contributed by atoms with Crippen LogP contribution in [0.5, 0.6) is 0 Å². The Balaban J connectivity index is 2.25. The lowest BCUT2D eigenvalue weighted by atomic mass is 10.2. The van der Waals surface area contributed by atoms with Gasteiger partial charge in [0.05, 0.1) is 11.6 Å². The summed E-state index contributed by atoms with van der Waals surface area (Å²) in [5, 5.41) is 11.1. The number of hydrogen-bond acceptors (Lipinski definition) is 5. The van der Waals surface area contributed by atoms with Crippen LogP contribution < -0.4 is 11.1 Å². The molecule has 2 rings (SSSR count). The molecule has 0 bridgehead atoms. The van der Waals surface area contributed by atoms with Crippen molar-refractivity contribution < 1.29 is 0 Å². The molecular weight excluding hydrogens is 248 g/mol. The molecule has 0 saturated heterocycles. The van der Waals surface area contributed by atoms with E-state index in [1.807, 2.05) is 24.6 Å². The van der Waals surface area contributed by atoms with Crippen molar-refractivity contribution in [2.24, 2.45) is 12.8 Å². The molecule has 0 fully saturated rings. The Morgan fingerprint density at radius 2 is 2.33 bits per heavy atom. The van der Waals surface area contributed by atoms with Crippen LogP contribution >= 0.6 is 12.2 Å². The zero-order chi connectivity index (χ0) is 13.1. The van der Waals surface area contributed by atoms with Crippen molar-refractivity contribution in [3.05, 3.63) is 36.0 Å². The van der Waals surface area contributed by atoms with Gasteiger partial charge in [0.2, 0.25) is 0 Å². The highest BCUT2D eigenvalue weighted by molar-refractivity contribution is 7.80. The molecule has 0 spiro atoms. The first-order chi connectivity index (χ1) is 8.59. The quantitative estimate of drug-likeness (QED) is 0.801. The Bertz CT molecular complexity index is 564. The second-order valence-electron chi connectivity index (χ2n) is 3.93. The van der Waals surface area contributed by atoms with Crippen LogP contribution in [0.2, 0.25) is 0 Å². The molecule has 1 unspecified atom stereocenters. The van der Waals surface area contributed by atoms with Gasteiger partial charge >= 0.3 is 0 Å². The van der Waals surface area contributed by atoms with Crippen LogP contribution in [-0.4, -0.2) is 24.7 Å². The molecule has 0 aromatic carbocycles. The molecular formula is C11H14N6S. The minimum absolute atomic E-state index is 0.0412. The summed E-state index contributed by atoms with van der Waals surface area (Å²) in [4.78, 5) is 4.56. The van der Waals surface area contributed by atoms with Crippen LogP contribution in [0.4, 0.5) is 5.82 Å². The van der Waals surface area contributed by atoms with Crippen LogP contribution in [0.1, 0.15) is 24.4 Å². The van der Waals surface area contributed by atoms with E-state index in [4.69, 9.17) is 18.0 Å². The molecule has 94 valence electrons. The van der Waals surface area contributed by atoms with E-state index in [0.29, 0.717) is 10.8 Å². The molecule has 0 amide bonds. The molecule has 18 heavy (non-hydrogen) atoms. The van der Waals surface area contributed by atoms with Gasteiger partial charge in [-0.25, -0.2) is 4.98 Å². The molecule has 1 atom stereocenters. The van der Waals surface area contributed by atoms with Gasteiger partial charge in [-0.1, -0.05) is 12.2 Å². The van der Waals surface area contributed by atoms with Crippen molar-refractivity contribution in [1.82, 2.24) is 19.7 Å². The maximum absolute atomic E-state index is 5.66. The molecule has 6 nitrogen and oxygen atoms in total. The fourth-order valence-corrected chi connectivity index (χ4v) is 1.84. The monoisotopic (exact) mass is 262 g/mol. The largest absolute Gasteiger partial charge is 0.389 e. The zero-order valence-electron chi connectivity index (χ0n) is 10.2. The van der Waals surface area contributed by atoms with E-state index in [-0.39, 0.29) is 6.04 Å². The zero-order valence-corrected chi connectivity index (χ0v) is 11.0. The van der Waals surface area contributed by atoms with E-state index in [1.54, 1.807) is 18.6 Å². The van der Waals surface area contributed by atoms with Crippen molar-refractivity contribution in [3.63, 3.8) is 0 Å². The first-order valence-electron chi connectivity index (χ1n) is 5.45. The highest BCUT2D eigenvalue weighted by Gasteiger charge is 2.14. The third-order valence-electron chi connectivity index (χ3n) is 2.56. The lowest BCUT2D eigenvalue weighted by molar-refractivity contribution is 0.716. The van der Waals surface area contributed by atoms with Gasteiger partial charge in [-0.2, -0.15) is 0 Å². The van der Waals surface area contributed by atoms with Crippen molar-refractivity contribution >= 4 is 23.0 Å². The molecule has 2 aromatic heterocycles. The van der Waals surface area contributed by atoms with E-state index in [9.17, 15) is 0 Å². The number of nitrogens with one attached hydrogen (secondary N) is 1. The molecule has 0 saturated carbocycles. The number of rotatable bonds is 4. The number of aryl methyl sites for hydroxylation is 1. The first kappa shape index (κ1) is 12.4. The fourth-order valence-electron chi connectivity index (χ4n) is 1.67. The summed E-state index contributed by atoms with van der Waals surface area (Å²) < 4.78 is 1.85. The normalized spacial score (nSPS) is 12.1. The number of hydrogen-bond donors (Lipinski definition) is 2. The lowest BCUT2D eigenvalue weighted by Crippen LogP contribution is -2.18. The van der Waals surface area contributed by atoms with Crippen molar-refractivity contribution in [2.75, 3.05) is 5.32 Å². The molecule has 0 aliphatic rings. The Morgan fingerprint density at radius 3 is 2.94 bits per heavy atom. The standard InChI is InChI=1S/C11H14N6S/c1-7(11-16-14-6-17(11)2)15-10-8(9(12)18)4-3-5-13-10/h3-7H,1-2H3,(H2,12,18)(H,13,15). The molecule has 0 radical (unpaired) electrons. The van der Waals surface area contributed by atoms with Crippen LogP contribution in [0.25, 0.3) is 0 Å². The number of nitrogens with two attached hydrogens (primary N) is 1. The molecule has 0 aliphatic heterocycles. The number of thiocarbonyl (C=S) groups is 1. The van der Waals surface area contributed by atoms with Crippen molar-refractivity contribution in [3.8, 4) is 0 Å². The van der Waals surface area contributed by atoms with Gasteiger partial charge in [-0.15, -0.1) is 10.2 Å². The minimum Gasteiger partial charge on any atom is -0.389 e. The summed E-state index contributed by atoms with van der Waals surface area (Å²) in [6.45, 7) is 1.97. The smallest absolute Gasteiger partial charge is 0.154 e. The number of anilines is 1. The van der Waals surface area contributed by atoms with E-state index >= 15 is 0 Å². The molecule has 7 heteroatoms. The predicted octanol–water partition coefficient (Wildman–Crippen LogP) is 1.02. The van der Waals surface area contributed by atoms with Gasteiger partial charge in [-0.3, -0.25) is 0 Å². The third kappa shape index (κ3) is 2.45. The summed E-state index contributed by atoms with van der Waals surface area (Å²) in [5.41, 5.74) is 6.38. The summed E-state index contributed by atoms with van der Waals surface area (Å²) >= 11 is 4.99. The molecule has 2 aromatic rings. The molecule has 2 heterocycles. The SMILES string of the molecule is CC(Nc1ncccc1C(N)=S)c1nncn1C. The molecule has 0 aliphatic carbocycles. The van der Waals surface area contributed by atoms with Gasteiger partial charge in [0.1, 0.15) is 17.1 Å². The Labute approximate surface area is 110 Å². The summed E-state index contributed by atoms with van der Waals surface area (Å²) in [7, 11) is 1.89. The van der Waals surface area contributed by atoms with E-state index in [2.05, 4.69) is 20.5 Å². The Hall–Kier alpha value is -2.02. The van der Waals surface area contributed by atoms with E-state index < -0.39 is 0 Å². The number of aromatic nitrogens is 4. The fraction of sp³-hybridized carbons (Fsp3) is 0.273. The van der Waals surface area contributed by atoms with Crippen molar-refractivity contribution in [1.29, 1.82) is 0 Å². The summed E-state index contributed by atoms with van der Waals surface area (Å²) in [6.07, 6.45) is 3.34. The van der Waals surface area contributed by atoms with Crippen LogP contribution in [-0.2, 0) is 7.05 Å². The number of nitrogens with zero attached hydrogens (tertiary/aromatic N) is 4. The molecule has 3 N–H and O–H groups in total. The van der Waals surface area contributed by atoms with Crippen LogP contribution in [0.3, 0.4) is 0 Å². The van der Waals surface area contributed by atoms with Crippen LogP contribution in [0, 0.1) is 0 Å². The van der Waals surface area contributed by atoms with Gasteiger partial charge in [-0.05, 0) is 19.1 Å². The van der Waals surface area contributed by atoms with E-state index in [0.717, 1.165) is 11.4 Å². The second-order valence-corrected chi connectivity index (χ2v) is 4.37.